The lowest BCUT2D eigenvalue weighted by atomic mass is 9.99. The van der Waals surface area contributed by atoms with Crippen molar-refractivity contribution < 1.29 is 22.7 Å². The molecule has 2 rings (SSSR count). The van der Waals surface area contributed by atoms with E-state index in [0.29, 0.717) is 24.5 Å². The number of hydrogen-bond acceptors (Lipinski definition) is 7. The van der Waals surface area contributed by atoms with Crippen LogP contribution in [0.4, 0.5) is 5.13 Å². The second-order valence-corrected chi connectivity index (χ2v) is 8.05. The summed E-state index contributed by atoms with van der Waals surface area (Å²) in [6, 6.07) is 0. The number of rotatable bonds is 5. The third-order valence-corrected chi connectivity index (χ3v) is 5.47. The molecule has 10 heteroatoms. The Bertz CT molecular complexity index is 686. The molecule has 0 spiro atoms. The molecule has 2 heterocycles. The summed E-state index contributed by atoms with van der Waals surface area (Å²) in [7, 11) is -3.30. The van der Waals surface area contributed by atoms with Crippen LogP contribution in [0.3, 0.4) is 0 Å². The number of carbonyl (C=O) groups excluding carboxylic acids is 2. The maximum absolute atomic E-state index is 12.3. The van der Waals surface area contributed by atoms with Crippen molar-refractivity contribution in [2.75, 3.05) is 31.3 Å². The highest BCUT2D eigenvalue weighted by molar-refractivity contribution is 7.88. The number of carbonyl (C=O) groups is 2. The van der Waals surface area contributed by atoms with Crippen LogP contribution in [0.5, 0.6) is 0 Å². The minimum atomic E-state index is -3.30. The molecule has 1 atom stereocenters. The molecule has 1 fully saturated rings. The van der Waals surface area contributed by atoms with Gasteiger partial charge in [-0.25, -0.2) is 22.5 Å². The molecule has 0 aromatic carbocycles. The Kier molecular flexibility index (Phi) is 5.71. The fourth-order valence-electron chi connectivity index (χ4n) is 2.30. The van der Waals surface area contributed by atoms with E-state index in [1.165, 1.54) is 9.69 Å². The number of amides is 1. The highest BCUT2D eigenvalue weighted by Gasteiger charge is 2.30. The second-order valence-electron chi connectivity index (χ2n) is 5.21. The highest BCUT2D eigenvalue weighted by atomic mass is 32.2. The van der Waals surface area contributed by atoms with Gasteiger partial charge in [0.05, 0.1) is 18.8 Å². The molecule has 0 radical (unpaired) electrons. The van der Waals surface area contributed by atoms with Gasteiger partial charge in [0.1, 0.15) is 0 Å². The van der Waals surface area contributed by atoms with E-state index >= 15 is 0 Å². The molecule has 0 aliphatic carbocycles. The van der Waals surface area contributed by atoms with Crippen LogP contribution in [0.2, 0.25) is 0 Å². The van der Waals surface area contributed by atoms with E-state index in [1.54, 1.807) is 6.92 Å². The lowest BCUT2D eigenvalue weighted by Gasteiger charge is -2.29. The van der Waals surface area contributed by atoms with Crippen LogP contribution in [0.1, 0.15) is 30.3 Å². The molecule has 8 nitrogen and oxygen atoms in total. The highest BCUT2D eigenvalue weighted by Crippen LogP contribution is 2.22. The first-order valence-electron chi connectivity index (χ1n) is 7.20. The standard InChI is InChI=1S/C13H19N3O5S2/c1-3-21-12(18)10-8-22-13(14-10)15-11(17)9-5-4-6-16(7-9)23(2,19)20/h8-9H,3-7H2,1-2H3,(H,14,15,17)/t9-/m1/s1. The summed E-state index contributed by atoms with van der Waals surface area (Å²) >= 11 is 1.13. The maximum atomic E-state index is 12.3. The summed E-state index contributed by atoms with van der Waals surface area (Å²) in [5.41, 5.74) is 0.147. The number of nitrogens with one attached hydrogen (secondary N) is 1. The van der Waals surface area contributed by atoms with E-state index in [2.05, 4.69) is 10.3 Å². The predicted octanol–water partition coefficient (Wildman–Crippen LogP) is 0.930. The molecule has 1 amide bonds. The van der Waals surface area contributed by atoms with E-state index in [4.69, 9.17) is 4.74 Å². The monoisotopic (exact) mass is 361 g/mol. The second kappa shape index (κ2) is 7.37. The Morgan fingerprint density at radius 2 is 2.26 bits per heavy atom. The number of esters is 1. The van der Waals surface area contributed by atoms with Gasteiger partial charge < -0.3 is 10.1 Å². The first-order chi connectivity index (χ1) is 10.8. The van der Waals surface area contributed by atoms with Gasteiger partial charge >= 0.3 is 5.97 Å². The van der Waals surface area contributed by atoms with E-state index in [9.17, 15) is 18.0 Å². The Hall–Kier alpha value is -1.52. The minimum Gasteiger partial charge on any atom is -0.461 e. The SMILES string of the molecule is CCOC(=O)c1csc(NC(=O)[C@@H]2CCCN(S(C)(=O)=O)C2)n1. The van der Waals surface area contributed by atoms with Gasteiger partial charge in [0.2, 0.25) is 15.9 Å². The molecule has 0 unspecified atom stereocenters. The normalized spacial score (nSPS) is 19.3. The van der Waals surface area contributed by atoms with E-state index in [0.717, 1.165) is 17.6 Å². The van der Waals surface area contributed by atoms with Crippen molar-refractivity contribution in [3.63, 3.8) is 0 Å². The van der Waals surface area contributed by atoms with Crippen LogP contribution in [0, 0.1) is 5.92 Å². The summed E-state index contributed by atoms with van der Waals surface area (Å²) in [5, 5.41) is 4.45. The molecule has 0 saturated carbocycles. The lowest BCUT2D eigenvalue weighted by molar-refractivity contribution is -0.120. The first-order valence-corrected chi connectivity index (χ1v) is 9.92. The fourth-order valence-corrected chi connectivity index (χ4v) is 3.89. The van der Waals surface area contributed by atoms with E-state index in [-0.39, 0.29) is 24.8 Å². The van der Waals surface area contributed by atoms with Crippen LogP contribution < -0.4 is 5.32 Å². The van der Waals surface area contributed by atoms with Gasteiger partial charge in [0.25, 0.3) is 0 Å². The van der Waals surface area contributed by atoms with Crippen molar-refractivity contribution in [3.05, 3.63) is 11.1 Å². The van der Waals surface area contributed by atoms with Gasteiger partial charge in [-0.1, -0.05) is 0 Å². The van der Waals surface area contributed by atoms with Crippen LogP contribution in [-0.4, -0.2) is 55.5 Å². The van der Waals surface area contributed by atoms with Gasteiger partial charge in [-0.05, 0) is 19.8 Å². The molecule has 128 valence electrons. The largest absolute Gasteiger partial charge is 0.461 e. The summed E-state index contributed by atoms with van der Waals surface area (Å²) in [6.45, 7) is 2.55. The molecule has 1 aromatic heterocycles. The van der Waals surface area contributed by atoms with Crippen molar-refractivity contribution in [2.45, 2.75) is 19.8 Å². The molecule has 23 heavy (non-hydrogen) atoms. The number of anilines is 1. The zero-order valence-corrected chi connectivity index (χ0v) is 14.6. The fraction of sp³-hybridized carbons (Fsp3) is 0.615. The summed E-state index contributed by atoms with van der Waals surface area (Å²) in [5.74, 6) is -1.25. The molecule has 1 saturated heterocycles. The topological polar surface area (TPSA) is 106 Å². The van der Waals surface area contributed by atoms with Crippen molar-refractivity contribution in [3.8, 4) is 0 Å². The van der Waals surface area contributed by atoms with Crippen LogP contribution >= 0.6 is 11.3 Å². The van der Waals surface area contributed by atoms with E-state index in [1.807, 2.05) is 0 Å². The van der Waals surface area contributed by atoms with Crippen LogP contribution in [-0.2, 0) is 19.6 Å². The molecule has 1 aromatic rings. The average molecular weight is 361 g/mol. The Labute approximate surface area is 138 Å². The summed E-state index contributed by atoms with van der Waals surface area (Å²) < 4.78 is 29.3. The molecular weight excluding hydrogens is 342 g/mol. The average Bonchev–Trinajstić information content (AvgIpc) is 2.95. The number of ether oxygens (including phenoxy) is 1. The van der Waals surface area contributed by atoms with Crippen molar-refractivity contribution in [2.24, 2.45) is 5.92 Å². The van der Waals surface area contributed by atoms with Gasteiger partial charge in [-0.3, -0.25) is 4.79 Å². The number of thiazole rings is 1. The van der Waals surface area contributed by atoms with Gasteiger partial charge in [-0.2, -0.15) is 0 Å². The third kappa shape index (κ3) is 4.72. The minimum absolute atomic E-state index is 0.147. The summed E-state index contributed by atoms with van der Waals surface area (Å²) in [4.78, 5) is 27.8. The number of nitrogens with zero attached hydrogens (tertiary/aromatic N) is 2. The Morgan fingerprint density at radius 1 is 1.52 bits per heavy atom. The van der Waals surface area contributed by atoms with Crippen molar-refractivity contribution >= 4 is 38.4 Å². The van der Waals surface area contributed by atoms with Crippen LogP contribution in [0.25, 0.3) is 0 Å². The molecule has 1 N–H and O–H groups in total. The first kappa shape index (κ1) is 17.8. The van der Waals surface area contributed by atoms with Gasteiger partial charge in [0, 0.05) is 18.5 Å². The smallest absolute Gasteiger partial charge is 0.357 e. The van der Waals surface area contributed by atoms with Gasteiger partial charge in [0.15, 0.2) is 10.8 Å². The Balaban J connectivity index is 1.98. The number of piperidine rings is 1. The zero-order chi connectivity index (χ0) is 17.0. The maximum Gasteiger partial charge on any atom is 0.357 e. The third-order valence-electron chi connectivity index (χ3n) is 3.44. The number of hydrogen-bond donors (Lipinski definition) is 1. The summed E-state index contributed by atoms with van der Waals surface area (Å²) in [6.07, 6.45) is 2.39. The molecule has 1 aliphatic rings. The number of sulfonamides is 1. The number of aromatic nitrogens is 1. The predicted molar refractivity (Wildman–Crippen MR) is 85.8 cm³/mol. The van der Waals surface area contributed by atoms with Gasteiger partial charge in [-0.15, -0.1) is 11.3 Å². The quantitative estimate of drug-likeness (QED) is 0.782. The lowest BCUT2D eigenvalue weighted by Crippen LogP contribution is -2.43. The molecular formula is C13H19N3O5S2. The zero-order valence-electron chi connectivity index (χ0n) is 12.9. The molecule has 0 bridgehead atoms. The Morgan fingerprint density at radius 3 is 2.91 bits per heavy atom. The van der Waals surface area contributed by atoms with Crippen molar-refractivity contribution in [1.29, 1.82) is 0 Å². The molecule has 1 aliphatic heterocycles. The van der Waals surface area contributed by atoms with Crippen LogP contribution in [0.15, 0.2) is 5.38 Å². The van der Waals surface area contributed by atoms with E-state index < -0.39 is 21.9 Å². The van der Waals surface area contributed by atoms with Crippen molar-refractivity contribution in [1.82, 2.24) is 9.29 Å².